The molecule has 0 radical (unpaired) electrons. The first-order chi connectivity index (χ1) is 7.27. The summed E-state index contributed by atoms with van der Waals surface area (Å²) in [5.41, 5.74) is 1.45. The Labute approximate surface area is 90.5 Å². The van der Waals surface area contributed by atoms with Gasteiger partial charge in [0.15, 0.2) is 0 Å². The number of rotatable bonds is 3. The maximum absolute atomic E-state index is 5.82. The van der Waals surface area contributed by atoms with Gasteiger partial charge in [0.25, 0.3) is 0 Å². The fraction of sp³-hybridized carbons (Fsp3) is 0.750. The Morgan fingerprint density at radius 1 is 1.60 bits per heavy atom. The van der Waals surface area contributed by atoms with Gasteiger partial charge in [-0.15, -0.1) is 0 Å². The van der Waals surface area contributed by atoms with E-state index in [0.29, 0.717) is 0 Å². The number of aromatic nitrogens is 2. The maximum Gasteiger partial charge on any atom is 0.0949 e. The molecule has 2 fully saturated rings. The molecule has 3 heteroatoms. The van der Waals surface area contributed by atoms with Crippen molar-refractivity contribution in [3.05, 3.63) is 18.2 Å². The highest BCUT2D eigenvalue weighted by Gasteiger charge is 2.33. The SMILES string of the molecule is CC1(Cn2cncc2C2CC2)CCCO1. The molecule has 1 aromatic heterocycles. The van der Waals surface area contributed by atoms with Gasteiger partial charge in [0, 0.05) is 24.4 Å². The Hall–Kier alpha value is -0.830. The molecule has 0 bridgehead atoms. The second kappa shape index (κ2) is 3.34. The molecule has 2 heterocycles. The van der Waals surface area contributed by atoms with E-state index in [1.807, 2.05) is 12.5 Å². The predicted octanol–water partition coefficient (Wildman–Crippen LogP) is 2.33. The van der Waals surface area contributed by atoms with Crippen LogP contribution < -0.4 is 0 Å². The van der Waals surface area contributed by atoms with Crippen LogP contribution in [0.1, 0.15) is 44.2 Å². The van der Waals surface area contributed by atoms with Gasteiger partial charge in [-0.3, -0.25) is 0 Å². The zero-order valence-electron chi connectivity index (χ0n) is 9.28. The maximum atomic E-state index is 5.82. The molecule has 2 aliphatic rings. The molecule has 3 rings (SSSR count). The highest BCUT2D eigenvalue weighted by atomic mass is 16.5. The van der Waals surface area contributed by atoms with Gasteiger partial charge >= 0.3 is 0 Å². The van der Waals surface area contributed by atoms with Crippen LogP contribution in [-0.4, -0.2) is 21.8 Å². The predicted molar refractivity (Wildman–Crippen MR) is 57.8 cm³/mol. The van der Waals surface area contributed by atoms with Gasteiger partial charge in [-0.05, 0) is 32.6 Å². The lowest BCUT2D eigenvalue weighted by Gasteiger charge is -2.24. The minimum absolute atomic E-state index is 0.0460. The van der Waals surface area contributed by atoms with Crippen LogP contribution in [0.15, 0.2) is 12.5 Å². The van der Waals surface area contributed by atoms with Crippen molar-refractivity contribution in [1.29, 1.82) is 0 Å². The first-order valence-electron chi connectivity index (χ1n) is 5.91. The molecular formula is C12H18N2O. The van der Waals surface area contributed by atoms with E-state index in [4.69, 9.17) is 4.74 Å². The Morgan fingerprint density at radius 2 is 2.47 bits per heavy atom. The van der Waals surface area contributed by atoms with E-state index < -0.39 is 0 Å². The number of hydrogen-bond donors (Lipinski definition) is 0. The molecule has 1 aliphatic heterocycles. The average Bonchev–Trinajstić information content (AvgIpc) is 2.82. The van der Waals surface area contributed by atoms with Gasteiger partial charge in [-0.25, -0.2) is 4.98 Å². The normalized spacial score (nSPS) is 31.0. The third-order valence-corrected chi connectivity index (χ3v) is 3.55. The van der Waals surface area contributed by atoms with Gasteiger partial charge in [-0.1, -0.05) is 0 Å². The summed E-state index contributed by atoms with van der Waals surface area (Å²) in [7, 11) is 0. The summed E-state index contributed by atoms with van der Waals surface area (Å²) in [5, 5.41) is 0. The quantitative estimate of drug-likeness (QED) is 0.759. The van der Waals surface area contributed by atoms with E-state index in [9.17, 15) is 0 Å². The standard InChI is InChI=1S/C12H18N2O/c1-12(5-2-6-15-12)8-14-9-13-7-11(14)10-3-4-10/h7,9-10H,2-6,8H2,1H3. The van der Waals surface area contributed by atoms with E-state index in [2.05, 4.69) is 16.5 Å². The molecule has 1 atom stereocenters. The lowest BCUT2D eigenvalue weighted by molar-refractivity contribution is 0.00568. The van der Waals surface area contributed by atoms with Crippen molar-refractivity contribution in [1.82, 2.24) is 9.55 Å². The third-order valence-electron chi connectivity index (χ3n) is 3.55. The Bertz CT molecular complexity index is 348. The van der Waals surface area contributed by atoms with Crippen molar-refractivity contribution in [3.8, 4) is 0 Å². The summed E-state index contributed by atoms with van der Waals surface area (Å²) < 4.78 is 8.11. The van der Waals surface area contributed by atoms with Crippen LogP contribution >= 0.6 is 0 Å². The fourth-order valence-electron chi connectivity index (χ4n) is 2.50. The van der Waals surface area contributed by atoms with Gasteiger partial charge in [0.2, 0.25) is 0 Å². The van der Waals surface area contributed by atoms with Gasteiger partial charge in [-0.2, -0.15) is 0 Å². The largest absolute Gasteiger partial charge is 0.373 e. The van der Waals surface area contributed by atoms with E-state index in [1.54, 1.807) is 0 Å². The second-order valence-electron chi connectivity index (χ2n) is 5.12. The van der Waals surface area contributed by atoms with Crippen molar-refractivity contribution < 1.29 is 4.74 Å². The lowest BCUT2D eigenvalue weighted by Crippen LogP contribution is -2.29. The summed E-state index contributed by atoms with van der Waals surface area (Å²) in [6.07, 6.45) is 9.03. The molecule has 0 N–H and O–H groups in total. The summed E-state index contributed by atoms with van der Waals surface area (Å²) >= 11 is 0. The van der Waals surface area contributed by atoms with Crippen molar-refractivity contribution in [3.63, 3.8) is 0 Å². The van der Waals surface area contributed by atoms with Crippen LogP contribution in [0.2, 0.25) is 0 Å². The van der Waals surface area contributed by atoms with Crippen molar-refractivity contribution in [2.24, 2.45) is 0 Å². The van der Waals surface area contributed by atoms with Crippen molar-refractivity contribution in [2.75, 3.05) is 6.61 Å². The Kier molecular flexibility index (Phi) is 2.09. The first kappa shape index (κ1) is 9.40. The number of ether oxygens (including phenoxy) is 1. The van der Waals surface area contributed by atoms with Crippen LogP contribution in [0.4, 0.5) is 0 Å². The molecule has 1 saturated heterocycles. The molecule has 15 heavy (non-hydrogen) atoms. The van der Waals surface area contributed by atoms with Gasteiger partial charge in [0.1, 0.15) is 0 Å². The molecule has 1 unspecified atom stereocenters. The molecule has 3 nitrogen and oxygen atoms in total. The Morgan fingerprint density at radius 3 is 3.13 bits per heavy atom. The molecule has 0 amide bonds. The van der Waals surface area contributed by atoms with E-state index >= 15 is 0 Å². The van der Waals surface area contributed by atoms with Crippen molar-refractivity contribution in [2.45, 2.75) is 50.7 Å². The summed E-state index contributed by atoms with van der Waals surface area (Å²) in [6, 6.07) is 0. The van der Waals surface area contributed by atoms with E-state index in [0.717, 1.165) is 19.1 Å². The van der Waals surface area contributed by atoms with Crippen LogP contribution in [0.3, 0.4) is 0 Å². The topological polar surface area (TPSA) is 27.1 Å². The van der Waals surface area contributed by atoms with E-state index in [1.165, 1.54) is 31.4 Å². The first-order valence-corrected chi connectivity index (χ1v) is 5.91. The fourth-order valence-corrected chi connectivity index (χ4v) is 2.50. The van der Waals surface area contributed by atoms with Crippen LogP contribution in [0.25, 0.3) is 0 Å². The minimum atomic E-state index is 0.0460. The highest BCUT2D eigenvalue weighted by Crippen LogP contribution is 2.40. The number of nitrogens with zero attached hydrogens (tertiary/aromatic N) is 2. The summed E-state index contributed by atoms with van der Waals surface area (Å²) in [4.78, 5) is 4.26. The lowest BCUT2D eigenvalue weighted by atomic mass is 10.0. The van der Waals surface area contributed by atoms with Gasteiger partial charge < -0.3 is 9.30 Å². The summed E-state index contributed by atoms with van der Waals surface area (Å²) in [5.74, 6) is 0.775. The number of hydrogen-bond acceptors (Lipinski definition) is 2. The molecule has 0 aromatic carbocycles. The molecule has 1 aromatic rings. The van der Waals surface area contributed by atoms with E-state index in [-0.39, 0.29) is 5.60 Å². The smallest absolute Gasteiger partial charge is 0.0949 e. The van der Waals surface area contributed by atoms with Crippen LogP contribution in [0, 0.1) is 0 Å². The molecule has 0 spiro atoms. The van der Waals surface area contributed by atoms with Crippen molar-refractivity contribution >= 4 is 0 Å². The summed E-state index contributed by atoms with van der Waals surface area (Å²) in [6.45, 7) is 4.11. The monoisotopic (exact) mass is 206 g/mol. The van der Waals surface area contributed by atoms with Crippen LogP contribution in [-0.2, 0) is 11.3 Å². The molecule has 82 valence electrons. The third kappa shape index (κ3) is 1.81. The molecular weight excluding hydrogens is 188 g/mol. The van der Waals surface area contributed by atoms with Gasteiger partial charge in [0.05, 0.1) is 18.5 Å². The highest BCUT2D eigenvalue weighted by molar-refractivity contribution is 5.13. The minimum Gasteiger partial charge on any atom is -0.373 e. The zero-order valence-corrected chi connectivity index (χ0v) is 9.28. The second-order valence-corrected chi connectivity index (χ2v) is 5.12. The molecule has 1 aliphatic carbocycles. The zero-order chi connectivity index (χ0) is 10.3. The Balaban J connectivity index is 1.77. The molecule has 1 saturated carbocycles. The average molecular weight is 206 g/mol. The van der Waals surface area contributed by atoms with Crippen LogP contribution in [0.5, 0.6) is 0 Å². The number of imidazole rings is 1.